The number of nitrogens with one attached hydrogen (secondary N) is 3. The molecule has 7 N–H and O–H groups in total. The first-order chi connectivity index (χ1) is 24.5. The van der Waals surface area contributed by atoms with E-state index in [1.54, 1.807) is 35.0 Å². The average Bonchev–Trinajstić information content (AvgIpc) is 4.05. The highest BCUT2D eigenvalue weighted by molar-refractivity contribution is 5.97. The lowest BCUT2D eigenvalue weighted by Crippen LogP contribution is -2.51. The van der Waals surface area contributed by atoms with Gasteiger partial charge in [-0.15, -0.1) is 0 Å². The van der Waals surface area contributed by atoms with E-state index in [9.17, 15) is 19.2 Å². The van der Waals surface area contributed by atoms with Crippen LogP contribution in [0.3, 0.4) is 0 Å². The minimum absolute atomic E-state index is 0.0247. The van der Waals surface area contributed by atoms with E-state index in [1.807, 2.05) is 43.0 Å². The summed E-state index contributed by atoms with van der Waals surface area (Å²) < 4.78 is 1.99. The molecule has 2 aliphatic heterocycles. The van der Waals surface area contributed by atoms with Gasteiger partial charge in [-0.25, -0.2) is 4.98 Å². The summed E-state index contributed by atoms with van der Waals surface area (Å²) in [6.07, 6.45) is 6.81. The fourth-order valence-electron chi connectivity index (χ4n) is 6.33. The SMILES string of the molecule is CCN(C)C(=O)c1cccc(C(=O)N2CC(n3ncc4c3CN(C)c3c(NC(/C=C(\N)NC(=O)C5CC5)=C(/N)C(=O)NC5CC5)cccc3-4)C2)n1. The zero-order valence-corrected chi connectivity index (χ0v) is 29.0. The van der Waals surface area contributed by atoms with Gasteiger partial charge < -0.3 is 42.1 Å². The van der Waals surface area contributed by atoms with E-state index in [1.165, 1.54) is 6.08 Å². The number of carbonyl (C=O) groups is 4. The van der Waals surface area contributed by atoms with Crippen molar-refractivity contribution >= 4 is 35.0 Å². The molecule has 2 aromatic heterocycles. The molecule has 7 rings (SSSR count). The molecule has 51 heavy (non-hydrogen) atoms. The van der Waals surface area contributed by atoms with Gasteiger partial charge in [0.25, 0.3) is 17.7 Å². The van der Waals surface area contributed by atoms with Crippen LogP contribution >= 0.6 is 0 Å². The summed E-state index contributed by atoms with van der Waals surface area (Å²) in [7, 11) is 3.67. The van der Waals surface area contributed by atoms with E-state index >= 15 is 0 Å². The fourth-order valence-corrected chi connectivity index (χ4v) is 6.33. The second-order valence-electron chi connectivity index (χ2n) is 13.7. The van der Waals surface area contributed by atoms with Gasteiger partial charge in [-0.1, -0.05) is 18.2 Å². The van der Waals surface area contributed by atoms with Crippen LogP contribution in [0.2, 0.25) is 0 Å². The predicted octanol–water partition coefficient (Wildman–Crippen LogP) is 1.87. The third kappa shape index (κ3) is 6.83. The Morgan fingerprint density at radius 2 is 1.73 bits per heavy atom. The summed E-state index contributed by atoms with van der Waals surface area (Å²) in [6, 6.07) is 10.8. The number of hydrogen-bond donors (Lipinski definition) is 5. The number of para-hydroxylation sites is 1. The molecule has 2 saturated carbocycles. The Morgan fingerprint density at radius 1 is 1.00 bits per heavy atom. The molecule has 0 bridgehead atoms. The summed E-state index contributed by atoms with van der Waals surface area (Å²) in [5.41, 5.74) is 17.8. The Balaban J connectivity index is 1.10. The molecule has 3 aromatic rings. The number of pyridine rings is 1. The Hall–Kier alpha value is -5.86. The largest absolute Gasteiger partial charge is 0.393 e. The average molecular weight is 694 g/mol. The first-order valence-electron chi connectivity index (χ1n) is 17.3. The molecular weight excluding hydrogens is 650 g/mol. The maximum atomic E-state index is 13.3. The fraction of sp³-hybridized carbons (Fsp3) is 0.389. The van der Waals surface area contributed by atoms with Crippen LogP contribution in [0.1, 0.15) is 65.3 Å². The van der Waals surface area contributed by atoms with Gasteiger partial charge in [0.05, 0.1) is 41.5 Å². The number of amides is 4. The first kappa shape index (κ1) is 33.6. The van der Waals surface area contributed by atoms with E-state index in [2.05, 4.69) is 25.8 Å². The van der Waals surface area contributed by atoms with E-state index in [-0.39, 0.29) is 64.3 Å². The molecule has 0 radical (unpaired) electrons. The monoisotopic (exact) mass is 693 g/mol. The normalized spacial score (nSPS) is 17.4. The number of nitrogens with two attached hydrogens (primary N) is 2. The zero-order chi connectivity index (χ0) is 36.0. The third-order valence-corrected chi connectivity index (χ3v) is 9.73. The van der Waals surface area contributed by atoms with Crippen LogP contribution in [-0.2, 0) is 16.1 Å². The highest BCUT2D eigenvalue weighted by Gasteiger charge is 2.37. The van der Waals surface area contributed by atoms with Crippen LogP contribution in [0.5, 0.6) is 0 Å². The number of fused-ring (bicyclic) bond motifs is 3. The van der Waals surface area contributed by atoms with Gasteiger partial charge >= 0.3 is 0 Å². The summed E-state index contributed by atoms with van der Waals surface area (Å²) in [4.78, 5) is 61.1. The Kier molecular flexibility index (Phi) is 8.87. The van der Waals surface area contributed by atoms with Crippen LogP contribution in [0.4, 0.5) is 11.4 Å². The Bertz CT molecular complexity index is 1970. The van der Waals surface area contributed by atoms with Gasteiger partial charge in [0, 0.05) is 62.9 Å². The van der Waals surface area contributed by atoms with Gasteiger partial charge in [0.2, 0.25) is 5.91 Å². The number of benzene rings is 1. The van der Waals surface area contributed by atoms with Crippen LogP contribution in [0.15, 0.2) is 65.9 Å². The van der Waals surface area contributed by atoms with Crippen LogP contribution in [-0.4, -0.2) is 88.0 Å². The highest BCUT2D eigenvalue weighted by Crippen LogP contribution is 2.44. The summed E-state index contributed by atoms with van der Waals surface area (Å²) in [5.74, 6) is -0.967. The van der Waals surface area contributed by atoms with Crippen molar-refractivity contribution in [3.8, 4) is 11.1 Å². The molecule has 266 valence electrons. The summed E-state index contributed by atoms with van der Waals surface area (Å²) >= 11 is 0. The van der Waals surface area contributed by atoms with Crippen LogP contribution in [0, 0.1) is 5.92 Å². The lowest BCUT2D eigenvalue weighted by molar-refractivity contribution is -0.121. The van der Waals surface area contributed by atoms with Crippen molar-refractivity contribution in [1.29, 1.82) is 0 Å². The van der Waals surface area contributed by atoms with Crippen molar-refractivity contribution in [3.63, 3.8) is 0 Å². The lowest BCUT2D eigenvalue weighted by atomic mass is 9.97. The van der Waals surface area contributed by atoms with Gasteiger partial charge in [0.1, 0.15) is 22.9 Å². The number of rotatable bonds is 11. The molecule has 3 fully saturated rings. The number of anilines is 2. The van der Waals surface area contributed by atoms with E-state index < -0.39 is 5.91 Å². The standard InChI is InChI=1S/C36H43N11O4/c1-4-44(2)35(50)26-9-6-10-27(42-26)36(51)46-17-22(18-46)47-29-19-45(3)32-23(24(29)16-39-47)7-5-8-25(32)41-28(31(38)34(49)40-21-13-14-21)15-30(37)43-33(48)20-11-12-20/h5-10,15-16,20-22,41H,4,11-14,17-19,37-38H2,1-3H3,(H,40,49)(H,43,48)/b30-15+,31-28+. The Morgan fingerprint density at radius 3 is 2.43 bits per heavy atom. The van der Waals surface area contributed by atoms with Gasteiger partial charge in [0.15, 0.2) is 0 Å². The molecule has 1 saturated heterocycles. The molecule has 15 nitrogen and oxygen atoms in total. The van der Waals surface area contributed by atoms with Gasteiger partial charge in [-0.3, -0.25) is 23.9 Å². The van der Waals surface area contributed by atoms with Crippen LogP contribution in [0.25, 0.3) is 11.1 Å². The van der Waals surface area contributed by atoms with E-state index in [0.29, 0.717) is 31.9 Å². The second-order valence-corrected chi connectivity index (χ2v) is 13.7. The van der Waals surface area contributed by atoms with Crippen molar-refractivity contribution in [2.75, 3.05) is 43.9 Å². The van der Waals surface area contributed by atoms with Crippen molar-refractivity contribution < 1.29 is 19.2 Å². The van der Waals surface area contributed by atoms with Crippen molar-refractivity contribution in [2.45, 2.75) is 51.2 Å². The third-order valence-electron chi connectivity index (χ3n) is 9.73. The maximum Gasteiger partial charge on any atom is 0.272 e. The van der Waals surface area contributed by atoms with Gasteiger partial charge in [-0.05, 0) is 50.8 Å². The number of nitrogens with zero attached hydrogens (tertiary/aromatic N) is 6. The number of likely N-dealkylation sites (tertiary alicyclic amines) is 1. The quantitative estimate of drug-likeness (QED) is 0.146. The number of allylic oxidation sites excluding steroid dienone is 1. The first-order valence-corrected chi connectivity index (χ1v) is 17.3. The second kappa shape index (κ2) is 13.5. The van der Waals surface area contributed by atoms with E-state index in [0.717, 1.165) is 48.2 Å². The summed E-state index contributed by atoms with van der Waals surface area (Å²) in [6.45, 7) is 3.87. The number of carbonyl (C=O) groups excluding carboxylic acids is 4. The maximum absolute atomic E-state index is 13.3. The lowest BCUT2D eigenvalue weighted by Gasteiger charge is -2.40. The molecular formula is C36H43N11O4. The Labute approximate surface area is 295 Å². The number of hydrogen-bond acceptors (Lipinski definition) is 10. The zero-order valence-electron chi connectivity index (χ0n) is 29.0. The molecule has 0 spiro atoms. The molecule has 1 aromatic carbocycles. The smallest absolute Gasteiger partial charge is 0.272 e. The molecule has 4 heterocycles. The van der Waals surface area contributed by atoms with E-state index in [4.69, 9.17) is 16.6 Å². The number of aromatic nitrogens is 3. The molecule has 0 unspecified atom stereocenters. The van der Waals surface area contributed by atoms with Crippen LogP contribution < -0.4 is 32.3 Å². The molecule has 4 amide bonds. The molecule has 15 heteroatoms. The topological polar surface area (TPSA) is 197 Å². The predicted molar refractivity (Wildman–Crippen MR) is 191 cm³/mol. The minimum atomic E-state index is -0.409. The van der Waals surface area contributed by atoms with Crippen molar-refractivity contribution in [2.24, 2.45) is 17.4 Å². The summed E-state index contributed by atoms with van der Waals surface area (Å²) in [5, 5.41) is 13.7. The molecule has 4 aliphatic rings. The highest BCUT2D eigenvalue weighted by atomic mass is 16.2. The van der Waals surface area contributed by atoms with Gasteiger partial charge in [-0.2, -0.15) is 5.10 Å². The molecule has 0 atom stereocenters. The van der Waals surface area contributed by atoms with Crippen molar-refractivity contribution in [1.82, 2.24) is 35.2 Å². The van der Waals surface area contributed by atoms with Crippen molar-refractivity contribution in [3.05, 3.63) is 83.0 Å². The molecule has 2 aliphatic carbocycles. The minimum Gasteiger partial charge on any atom is -0.393 e.